The highest BCUT2D eigenvalue weighted by Gasteiger charge is 2.19. The molecule has 0 unspecified atom stereocenters. The van der Waals surface area contributed by atoms with E-state index in [1.54, 1.807) is 5.56 Å². The summed E-state index contributed by atoms with van der Waals surface area (Å²) in [7, 11) is 0. The number of anilines is 1. The second-order valence-corrected chi connectivity index (χ2v) is 15.9. The SMILES string of the molecule is CCCCCCCCCCCCc1c(Br)c(N)c(Br)c(CCCCCCCCCCCC)c1CCCCCCCCCCCC. The molecule has 3 heteroatoms. The minimum absolute atomic E-state index is 0.936. The molecule has 0 spiro atoms. The van der Waals surface area contributed by atoms with Gasteiger partial charge in [-0.05, 0) is 87.1 Å². The first-order valence-electron chi connectivity index (χ1n) is 20.3. The molecule has 0 aliphatic rings. The second-order valence-electron chi connectivity index (χ2n) is 14.3. The van der Waals surface area contributed by atoms with Gasteiger partial charge in [-0.15, -0.1) is 0 Å². The molecule has 2 N–H and O–H groups in total. The van der Waals surface area contributed by atoms with Gasteiger partial charge < -0.3 is 5.73 Å². The van der Waals surface area contributed by atoms with Crippen molar-refractivity contribution in [3.05, 3.63) is 25.6 Å². The Balaban J connectivity index is 2.68. The highest BCUT2D eigenvalue weighted by Crippen LogP contribution is 2.40. The summed E-state index contributed by atoms with van der Waals surface area (Å²) in [4.78, 5) is 0. The highest BCUT2D eigenvalue weighted by atomic mass is 79.9. The lowest BCUT2D eigenvalue weighted by Gasteiger charge is -2.21. The standard InChI is InChI=1S/C42H77Br2N/c1-4-7-10-13-16-19-22-25-28-31-34-37-38(35-32-29-26-23-20-17-14-11-8-5-2)40(43)42(45)41(44)39(37)36-33-30-27-24-21-18-15-12-9-6-3/h4-36,45H2,1-3H3. The second kappa shape index (κ2) is 31.3. The maximum atomic E-state index is 6.75. The van der Waals surface area contributed by atoms with Gasteiger partial charge in [0.15, 0.2) is 0 Å². The predicted octanol–water partition coefficient (Wildman–Crippen LogP) is 16.2. The molecule has 0 bridgehead atoms. The molecular formula is C42H77Br2N. The van der Waals surface area contributed by atoms with Crippen molar-refractivity contribution in [1.29, 1.82) is 0 Å². The molecule has 45 heavy (non-hydrogen) atoms. The molecule has 0 heterocycles. The quantitative estimate of drug-likeness (QED) is 0.0561. The van der Waals surface area contributed by atoms with Crippen molar-refractivity contribution in [2.75, 3.05) is 5.73 Å². The molecular weight excluding hydrogens is 678 g/mol. The van der Waals surface area contributed by atoms with Crippen LogP contribution in [0.25, 0.3) is 0 Å². The molecule has 0 fully saturated rings. The first-order valence-corrected chi connectivity index (χ1v) is 21.9. The zero-order valence-corrected chi connectivity index (χ0v) is 33.8. The molecule has 0 saturated carbocycles. The number of benzene rings is 1. The smallest absolute Gasteiger partial charge is 0.0608 e. The summed E-state index contributed by atoms with van der Waals surface area (Å²) >= 11 is 7.97. The topological polar surface area (TPSA) is 26.0 Å². The summed E-state index contributed by atoms with van der Waals surface area (Å²) in [5, 5.41) is 0. The average molecular weight is 756 g/mol. The van der Waals surface area contributed by atoms with Crippen LogP contribution in [-0.2, 0) is 19.3 Å². The Kier molecular flexibility index (Phi) is 29.9. The van der Waals surface area contributed by atoms with E-state index in [-0.39, 0.29) is 0 Å². The van der Waals surface area contributed by atoms with Crippen LogP contribution in [0.4, 0.5) is 5.69 Å². The Hall–Kier alpha value is -0.0200. The fourth-order valence-electron chi connectivity index (χ4n) is 7.06. The summed E-state index contributed by atoms with van der Waals surface area (Å²) in [6.45, 7) is 6.92. The summed E-state index contributed by atoms with van der Waals surface area (Å²) < 4.78 is 2.36. The molecule has 0 amide bonds. The van der Waals surface area contributed by atoms with Gasteiger partial charge in [0, 0.05) is 8.95 Å². The number of hydrogen-bond acceptors (Lipinski definition) is 1. The molecule has 0 aliphatic carbocycles. The molecule has 264 valence electrons. The first kappa shape index (κ1) is 43.0. The lowest BCUT2D eigenvalue weighted by atomic mass is 9.89. The van der Waals surface area contributed by atoms with Crippen molar-refractivity contribution in [2.24, 2.45) is 0 Å². The molecule has 1 rings (SSSR count). The van der Waals surface area contributed by atoms with Gasteiger partial charge >= 0.3 is 0 Å². The molecule has 0 saturated heterocycles. The van der Waals surface area contributed by atoms with Crippen molar-refractivity contribution < 1.29 is 0 Å². The van der Waals surface area contributed by atoms with Gasteiger partial charge in [0.05, 0.1) is 5.69 Å². The number of rotatable bonds is 33. The minimum atomic E-state index is 0.936. The molecule has 1 nitrogen and oxygen atoms in total. The Bertz CT molecular complexity index is 753. The third kappa shape index (κ3) is 21.5. The number of nitrogen functional groups attached to an aromatic ring is 1. The van der Waals surface area contributed by atoms with E-state index in [2.05, 4.69) is 52.6 Å². The van der Waals surface area contributed by atoms with Gasteiger partial charge in [-0.1, -0.05) is 194 Å². The Morgan fingerprint density at radius 3 is 0.756 bits per heavy atom. The van der Waals surface area contributed by atoms with E-state index < -0.39 is 0 Å². The first-order chi connectivity index (χ1) is 22.1. The van der Waals surface area contributed by atoms with Crippen LogP contribution in [0.5, 0.6) is 0 Å². The fourth-order valence-corrected chi connectivity index (χ4v) is 8.60. The maximum Gasteiger partial charge on any atom is 0.0608 e. The number of nitrogens with two attached hydrogens (primary N) is 1. The zero-order chi connectivity index (χ0) is 32.8. The van der Waals surface area contributed by atoms with Crippen molar-refractivity contribution >= 4 is 37.5 Å². The Morgan fingerprint density at radius 2 is 0.511 bits per heavy atom. The van der Waals surface area contributed by atoms with E-state index in [0.29, 0.717) is 0 Å². The minimum Gasteiger partial charge on any atom is -0.397 e. The lowest BCUT2D eigenvalue weighted by Crippen LogP contribution is -2.08. The van der Waals surface area contributed by atoms with Crippen molar-refractivity contribution in [1.82, 2.24) is 0 Å². The summed E-state index contributed by atoms with van der Waals surface area (Å²) in [5.74, 6) is 0. The normalized spacial score (nSPS) is 11.6. The van der Waals surface area contributed by atoms with Crippen LogP contribution in [0.1, 0.15) is 230 Å². The van der Waals surface area contributed by atoms with Crippen LogP contribution in [0.2, 0.25) is 0 Å². The van der Waals surface area contributed by atoms with Crippen LogP contribution in [0, 0.1) is 0 Å². The van der Waals surface area contributed by atoms with Gasteiger partial charge in [0.1, 0.15) is 0 Å². The van der Waals surface area contributed by atoms with Crippen molar-refractivity contribution in [2.45, 2.75) is 233 Å². The van der Waals surface area contributed by atoms with Crippen LogP contribution in [-0.4, -0.2) is 0 Å². The fraction of sp³-hybridized carbons (Fsp3) is 0.857. The summed E-state index contributed by atoms with van der Waals surface area (Å²) in [5.41, 5.74) is 12.4. The van der Waals surface area contributed by atoms with Crippen LogP contribution in [0.15, 0.2) is 8.95 Å². The number of unbranched alkanes of at least 4 members (excludes halogenated alkanes) is 27. The third-order valence-electron chi connectivity index (χ3n) is 10.1. The van der Waals surface area contributed by atoms with Crippen LogP contribution in [0.3, 0.4) is 0 Å². The van der Waals surface area contributed by atoms with E-state index in [4.69, 9.17) is 5.73 Å². The van der Waals surface area contributed by atoms with E-state index in [1.807, 2.05) is 0 Å². The summed E-state index contributed by atoms with van der Waals surface area (Å²) in [6, 6.07) is 0. The molecule has 0 atom stereocenters. The van der Waals surface area contributed by atoms with Gasteiger partial charge in [-0.3, -0.25) is 0 Å². The Labute approximate surface area is 300 Å². The third-order valence-corrected chi connectivity index (χ3v) is 11.9. The van der Waals surface area contributed by atoms with Gasteiger partial charge in [0.25, 0.3) is 0 Å². The largest absolute Gasteiger partial charge is 0.397 e. The maximum absolute atomic E-state index is 6.75. The number of hydrogen-bond donors (Lipinski definition) is 1. The average Bonchev–Trinajstić information content (AvgIpc) is 3.04. The van der Waals surface area contributed by atoms with Gasteiger partial charge in [-0.2, -0.15) is 0 Å². The molecule has 0 aliphatic heterocycles. The van der Waals surface area contributed by atoms with E-state index in [1.165, 1.54) is 232 Å². The van der Waals surface area contributed by atoms with E-state index in [0.717, 1.165) is 5.69 Å². The predicted molar refractivity (Wildman–Crippen MR) is 213 cm³/mol. The number of halogens is 2. The van der Waals surface area contributed by atoms with Crippen LogP contribution >= 0.6 is 31.9 Å². The Morgan fingerprint density at radius 1 is 0.311 bits per heavy atom. The highest BCUT2D eigenvalue weighted by molar-refractivity contribution is 9.11. The zero-order valence-electron chi connectivity index (χ0n) is 30.7. The molecule has 1 aromatic carbocycles. The van der Waals surface area contributed by atoms with Crippen LogP contribution < -0.4 is 5.73 Å². The van der Waals surface area contributed by atoms with E-state index in [9.17, 15) is 0 Å². The van der Waals surface area contributed by atoms with E-state index >= 15 is 0 Å². The molecule has 0 aromatic heterocycles. The van der Waals surface area contributed by atoms with Crippen molar-refractivity contribution in [3.63, 3.8) is 0 Å². The van der Waals surface area contributed by atoms with Crippen molar-refractivity contribution in [3.8, 4) is 0 Å². The van der Waals surface area contributed by atoms with Gasteiger partial charge in [0.2, 0.25) is 0 Å². The summed E-state index contributed by atoms with van der Waals surface area (Å²) in [6.07, 6.45) is 45.4. The molecule has 1 aromatic rings. The molecule has 0 radical (unpaired) electrons. The van der Waals surface area contributed by atoms with Gasteiger partial charge in [-0.25, -0.2) is 0 Å². The monoisotopic (exact) mass is 753 g/mol. The lowest BCUT2D eigenvalue weighted by molar-refractivity contribution is 0.550.